The summed E-state index contributed by atoms with van der Waals surface area (Å²) < 4.78 is 0. The molecule has 20 heavy (non-hydrogen) atoms. The first-order valence-electron chi connectivity index (χ1n) is 6.55. The van der Waals surface area contributed by atoms with E-state index in [9.17, 15) is 4.79 Å². The van der Waals surface area contributed by atoms with E-state index in [4.69, 9.17) is 17.3 Å². The van der Waals surface area contributed by atoms with Crippen molar-refractivity contribution in [2.24, 2.45) is 0 Å². The van der Waals surface area contributed by atoms with Gasteiger partial charge in [-0.15, -0.1) is 0 Å². The van der Waals surface area contributed by atoms with Crippen molar-refractivity contribution in [3.8, 4) is 0 Å². The molecule has 0 unspecified atom stereocenters. The summed E-state index contributed by atoms with van der Waals surface area (Å²) in [7, 11) is 0. The van der Waals surface area contributed by atoms with Gasteiger partial charge in [0.05, 0.1) is 5.56 Å². The zero-order valence-electron chi connectivity index (χ0n) is 11.3. The lowest BCUT2D eigenvalue weighted by Crippen LogP contribution is -2.14. The fraction of sp³-hybridized carbons (Fsp3) is 0.188. The number of hydrogen-bond acceptors (Lipinski definition) is 2. The van der Waals surface area contributed by atoms with Crippen molar-refractivity contribution in [3.63, 3.8) is 0 Å². The van der Waals surface area contributed by atoms with E-state index < -0.39 is 0 Å². The molecule has 0 aliphatic carbocycles. The van der Waals surface area contributed by atoms with Crippen LogP contribution in [0.1, 0.15) is 29.3 Å². The van der Waals surface area contributed by atoms with Crippen molar-refractivity contribution in [1.29, 1.82) is 0 Å². The Bertz CT molecular complexity index is 608. The molecule has 3 nitrogen and oxygen atoms in total. The van der Waals surface area contributed by atoms with Crippen LogP contribution in [0.2, 0.25) is 5.02 Å². The van der Waals surface area contributed by atoms with Gasteiger partial charge < -0.3 is 11.1 Å². The highest BCUT2D eigenvalue weighted by Crippen LogP contribution is 2.20. The summed E-state index contributed by atoms with van der Waals surface area (Å²) in [4.78, 5) is 12.1. The molecule has 0 atom stereocenters. The monoisotopic (exact) mass is 288 g/mol. The van der Waals surface area contributed by atoms with Crippen molar-refractivity contribution in [2.75, 3.05) is 11.1 Å². The minimum absolute atomic E-state index is 0.256. The van der Waals surface area contributed by atoms with Crippen LogP contribution >= 0.6 is 11.6 Å². The number of carbonyl (C=O) groups excluding carboxylic acids is 1. The van der Waals surface area contributed by atoms with E-state index in [0.717, 1.165) is 18.5 Å². The molecule has 0 radical (unpaired) electrons. The molecule has 1 amide bonds. The van der Waals surface area contributed by atoms with Gasteiger partial charge in [0, 0.05) is 16.4 Å². The first-order chi connectivity index (χ1) is 9.60. The van der Waals surface area contributed by atoms with Crippen LogP contribution in [0.5, 0.6) is 0 Å². The molecule has 0 heterocycles. The van der Waals surface area contributed by atoms with Crippen molar-refractivity contribution in [1.82, 2.24) is 0 Å². The Morgan fingerprint density at radius 3 is 2.55 bits per heavy atom. The number of nitrogen functional groups attached to an aromatic ring is 1. The van der Waals surface area contributed by atoms with E-state index in [0.29, 0.717) is 16.3 Å². The second-order valence-electron chi connectivity index (χ2n) is 4.63. The zero-order valence-corrected chi connectivity index (χ0v) is 12.1. The second-order valence-corrected chi connectivity index (χ2v) is 5.07. The van der Waals surface area contributed by atoms with Crippen LogP contribution in [0.3, 0.4) is 0 Å². The molecule has 3 N–H and O–H groups in total. The average molecular weight is 289 g/mol. The molecular weight excluding hydrogens is 272 g/mol. The van der Waals surface area contributed by atoms with E-state index in [1.807, 2.05) is 24.3 Å². The summed E-state index contributed by atoms with van der Waals surface area (Å²) in [6, 6.07) is 12.7. The Morgan fingerprint density at radius 2 is 1.90 bits per heavy atom. The second kappa shape index (κ2) is 6.44. The summed E-state index contributed by atoms with van der Waals surface area (Å²) in [5.74, 6) is -0.256. The minimum atomic E-state index is -0.256. The Balaban J connectivity index is 2.13. The lowest BCUT2D eigenvalue weighted by molar-refractivity contribution is 0.102. The predicted molar refractivity (Wildman–Crippen MR) is 84.3 cm³/mol. The number of amides is 1. The molecule has 0 spiro atoms. The number of halogens is 1. The largest absolute Gasteiger partial charge is 0.398 e. The van der Waals surface area contributed by atoms with Crippen LogP contribution < -0.4 is 11.1 Å². The highest BCUT2D eigenvalue weighted by atomic mass is 35.5. The van der Waals surface area contributed by atoms with Crippen LogP contribution in [-0.2, 0) is 6.42 Å². The molecule has 104 valence electrons. The molecule has 2 aromatic carbocycles. The zero-order chi connectivity index (χ0) is 14.5. The molecule has 0 bridgehead atoms. The molecule has 2 aromatic rings. The number of nitrogens with two attached hydrogens (primary N) is 1. The van der Waals surface area contributed by atoms with Gasteiger partial charge >= 0.3 is 0 Å². The predicted octanol–water partition coefficient (Wildman–Crippen LogP) is 4.13. The van der Waals surface area contributed by atoms with E-state index in [1.165, 1.54) is 5.56 Å². The number of aryl methyl sites for hydroxylation is 1. The lowest BCUT2D eigenvalue weighted by atomic mass is 10.1. The van der Waals surface area contributed by atoms with Crippen LogP contribution in [0.25, 0.3) is 0 Å². The highest BCUT2D eigenvalue weighted by Gasteiger charge is 2.10. The van der Waals surface area contributed by atoms with E-state index in [1.54, 1.807) is 18.2 Å². The smallest absolute Gasteiger partial charge is 0.257 e. The SMILES string of the molecule is CCCc1ccc(NC(=O)c2cc(Cl)ccc2N)cc1. The van der Waals surface area contributed by atoms with E-state index in [2.05, 4.69) is 12.2 Å². The molecule has 0 aliphatic heterocycles. The van der Waals surface area contributed by atoms with Gasteiger partial charge in [-0.05, 0) is 42.3 Å². The van der Waals surface area contributed by atoms with Gasteiger partial charge in [-0.2, -0.15) is 0 Å². The number of anilines is 2. The van der Waals surface area contributed by atoms with E-state index >= 15 is 0 Å². The first kappa shape index (κ1) is 14.4. The molecule has 0 aliphatic rings. The lowest BCUT2D eigenvalue weighted by Gasteiger charge is -2.08. The molecule has 0 saturated heterocycles. The van der Waals surface area contributed by atoms with Crippen molar-refractivity contribution >= 4 is 28.9 Å². The van der Waals surface area contributed by atoms with E-state index in [-0.39, 0.29) is 5.91 Å². The maximum atomic E-state index is 12.1. The summed E-state index contributed by atoms with van der Waals surface area (Å²) in [5, 5.41) is 3.31. The maximum Gasteiger partial charge on any atom is 0.257 e. The number of benzene rings is 2. The van der Waals surface area contributed by atoms with Crippen molar-refractivity contribution in [3.05, 3.63) is 58.6 Å². The van der Waals surface area contributed by atoms with Gasteiger partial charge in [0.15, 0.2) is 0 Å². The number of rotatable bonds is 4. The van der Waals surface area contributed by atoms with Crippen LogP contribution in [0.15, 0.2) is 42.5 Å². The first-order valence-corrected chi connectivity index (χ1v) is 6.93. The average Bonchev–Trinajstić information content (AvgIpc) is 2.44. The number of nitrogens with one attached hydrogen (secondary N) is 1. The molecule has 0 aromatic heterocycles. The molecular formula is C16H17ClN2O. The van der Waals surface area contributed by atoms with Gasteiger partial charge in [-0.25, -0.2) is 0 Å². The third kappa shape index (κ3) is 3.52. The van der Waals surface area contributed by atoms with Gasteiger partial charge in [-0.3, -0.25) is 4.79 Å². The third-order valence-corrected chi connectivity index (χ3v) is 3.25. The van der Waals surface area contributed by atoms with Crippen molar-refractivity contribution in [2.45, 2.75) is 19.8 Å². The minimum Gasteiger partial charge on any atom is -0.398 e. The highest BCUT2D eigenvalue weighted by molar-refractivity contribution is 6.31. The normalized spacial score (nSPS) is 10.3. The quantitative estimate of drug-likeness (QED) is 0.831. The number of carbonyl (C=O) groups is 1. The Kier molecular flexibility index (Phi) is 4.64. The molecule has 0 saturated carbocycles. The fourth-order valence-corrected chi connectivity index (χ4v) is 2.14. The van der Waals surface area contributed by atoms with Crippen molar-refractivity contribution < 1.29 is 4.79 Å². The van der Waals surface area contributed by atoms with Crippen LogP contribution in [0.4, 0.5) is 11.4 Å². The summed E-state index contributed by atoms with van der Waals surface area (Å²) in [5.41, 5.74) is 8.59. The van der Waals surface area contributed by atoms with Crippen LogP contribution in [-0.4, -0.2) is 5.91 Å². The Labute approximate surface area is 123 Å². The molecule has 2 rings (SSSR count). The summed E-state index contributed by atoms with van der Waals surface area (Å²) >= 11 is 5.88. The topological polar surface area (TPSA) is 55.1 Å². The maximum absolute atomic E-state index is 12.1. The van der Waals surface area contributed by atoms with Gasteiger partial charge in [0.1, 0.15) is 0 Å². The van der Waals surface area contributed by atoms with Gasteiger partial charge in [0.2, 0.25) is 0 Å². The van der Waals surface area contributed by atoms with Gasteiger partial charge in [-0.1, -0.05) is 37.1 Å². The Hall–Kier alpha value is -2.00. The fourth-order valence-electron chi connectivity index (χ4n) is 1.97. The van der Waals surface area contributed by atoms with Crippen LogP contribution in [0, 0.1) is 0 Å². The third-order valence-electron chi connectivity index (χ3n) is 3.01. The van der Waals surface area contributed by atoms with Gasteiger partial charge in [0.25, 0.3) is 5.91 Å². The summed E-state index contributed by atoms with van der Waals surface area (Å²) in [6.45, 7) is 2.14. The summed E-state index contributed by atoms with van der Waals surface area (Å²) in [6.07, 6.45) is 2.14. The standard InChI is InChI=1S/C16H17ClN2O/c1-2-3-11-4-7-13(8-5-11)19-16(20)14-10-12(17)6-9-15(14)18/h4-10H,2-3,18H2,1H3,(H,19,20). The molecule has 0 fully saturated rings. The number of hydrogen-bond donors (Lipinski definition) is 2. The Morgan fingerprint density at radius 1 is 1.20 bits per heavy atom. The molecule has 4 heteroatoms.